The van der Waals surface area contributed by atoms with E-state index in [1.54, 1.807) is 12.3 Å². The van der Waals surface area contributed by atoms with Crippen molar-refractivity contribution in [3.63, 3.8) is 0 Å². The summed E-state index contributed by atoms with van der Waals surface area (Å²) in [7, 11) is 0. The Morgan fingerprint density at radius 1 is 1.12 bits per heavy atom. The number of hydrogen-bond donors (Lipinski definition) is 2. The van der Waals surface area contributed by atoms with E-state index in [2.05, 4.69) is 5.10 Å². The molecule has 0 radical (unpaired) electrons. The summed E-state index contributed by atoms with van der Waals surface area (Å²) in [6, 6.07) is 13.4. The van der Waals surface area contributed by atoms with Gasteiger partial charge in [0.05, 0.1) is 6.20 Å². The van der Waals surface area contributed by atoms with E-state index < -0.39 is 0 Å². The summed E-state index contributed by atoms with van der Waals surface area (Å²) in [4.78, 5) is 0.880. The molecule has 0 atom stereocenters. The quantitative estimate of drug-likeness (QED) is 0.494. The van der Waals surface area contributed by atoms with Crippen molar-refractivity contribution in [1.29, 1.82) is 0 Å². The summed E-state index contributed by atoms with van der Waals surface area (Å²) in [6.07, 6.45) is 1.56. The predicted octanol–water partition coefficient (Wildman–Crippen LogP) is 2.52. The van der Waals surface area contributed by atoms with Crippen molar-refractivity contribution in [2.24, 2.45) is 0 Å². The monoisotopic (exact) mass is 225 g/mol. The minimum absolute atomic E-state index is 0.667. The molecule has 17 heavy (non-hydrogen) atoms. The molecule has 0 spiro atoms. The predicted molar refractivity (Wildman–Crippen MR) is 66.8 cm³/mol. The van der Waals surface area contributed by atoms with E-state index >= 15 is 0 Å². The van der Waals surface area contributed by atoms with Gasteiger partial charge in [-0.25, -0.2) is 0 Å². The number of benzene rings is 2. The third-order valence-corrected chi connectivity index (χ3v) is 2.80. The second-order valence-electron chi connectivity index (χ2n) is 3.89. The number of nitrogens with two attached hydrogens (primary N) is 1. The minimum Gasteiger partial charge on any atom is -0.411 e. The van der Waals surface area contributed by atoms with E-state index in [-0.39, 0.29) is 0 Å². The molecule has 0 aliphatic rings. The molecule has 0 aliphatic heterocycles. The molecule has 2 aromatic carbocycles. The van der Waals surface area contributed by atoms with E-state index in [1.165, 1.54) is 0 Å². The smallest absolute Gasteiger partial charge is 0.110 e. The van der Waals surface area contributed by atoms with Gasteiger partial charge in [-0.05, 0) is 29.0 Å². The van der Waals surface area contributed by atoms with Crippen LogP contribution in [-0.4, -0.2) is 15.2 Å². The molecule has 1 heterocycles. The Kier molecular flexibility index (Phi) is 2.01. The van der Waals surface area contributed by atoms with Gasteiger partial charge in [-0.1, -0.05) is 24.3 Å². The second kappa shape index (κ2) is 3.52. The maximum absolute atomic E-state index is 9.60. The van der Waals surface area contributed by atoms with Crippen LogP contribution in [0.1, 0.15) is 0 Å². The van der Waals surface area contributed by atoms with E-state index in [9.17, 15) is 5.21 Å². The fourth-order valence-electron chi connectivity index (χ4n) is 2.02. The molecule has 1 aromatic heterocycles. The summed E-state index contributed by atoms with van der Waals surface area (Å²) >= 11 is 0. The van der Waals surface area contributed by atoms with Crippen LogP contribution in [0, 0.1) is 0 Å². The largest absolute Gasteiger partial charge is 0.411 e. The first-order valence-electron chi connectivity index (χ1n) is 5.27. The zero-order valence-corrected chi connectivity index (χ0v) is 9.04. The van der Waals surface area contributed by atoms with Gasteiger partial charge in [0.15, 0.2) is 0 Å². The van der Waals surface area contributed by atoms with Gasteiger partial charge in [0.1, 0.15) is 5.69 Å². The molecule has 84 valence electrons. The molecule has 0 unspecified atom stereocenters. The van der Waals surface area contributed by atoms with Crippen LogP contribution in [0.15, 0.2) is 48.7 Å². The van der Waals surface area contributed by atoms with Crippen LogP contribution in [-0.2, 0) is 0 Å². The van der Waals surface area contributed by atoms with Crippen LogP contribution in [0.4, 0.5) is 5.69 Å². The van der Waals surface area contributed by atoms with Gasteiger partial charge in [-0.15, -0.1) is 9.94 Å². The summed E-state index contributed by atoms with van der Waals surface area (Å²) in [6.45, 7) is 0. The Morgan fingerprint density at radius 3 is 2.76 bits per heavy atom. The zero-order chi connectivity index (χ0) is 11.8. The van der Waals surface area contributed by atoms with Crippen molar-refractivity contribution < 1.29 is 5.21 Å². The van der Waals surface area contributed by atoms with Crippen LogP contribution in [0.2, 0.25) is 0 Å². The van der Waals surface area contributed by atoms with Crippen LogP contribution >= 0.6 is 0 Å². The number of nitrogens with zero attached hydrogens (tertiary/aromatic N) is 2. The molecule has 0 saturated carbocycles. The Balaban J connectivity index is 2.34. The molecule has 0 fully saturated rings. The minimum atomic E-state index is 0.667. The molecule has 0 aliphatic carbocycles. The summed E-state index contributed by atoms with van der Waals surface area (Å²) in [5.74, 6) is 0. The standard InChI is InChI=1S/C13H11N3O/c14-10-4-5-11-9(8-10)2-1-3-12(11)13-6-7-15-16(13)17/h1-8,17H,14H2. The van der Waals surface area contributed by atoms with Crippen molar-refractivity contribution >= 4 is 16.5 Å². The zero-order valence-electron chi connectivity index (χ0n) is 9.04. The summed E-state index contributed by atoms with van der Waals surface area (Å²) in [5.41, 5.74) is 8.08. The number of fused-ring (bicyclic) bond motifs is 1. The van der Waals surface area contributed by atoms with Gasteiger partial charge in [-0.2, -0.15) is 0 Å². The van der Waals surface area contributed by atoms with E-state index in [4.69, 9.17) is 5.73 Å². The molecule has 0 amide bonds. The summed E-state index contributed by atoms with van der Waals surface area (Å²) in [5, 5.41) is 15.4. The van der Waals surface area contributed by atoms with Crippen molar-refractivity contribution in [2.45, 2.75) is 0 Å². The van der Waals surface area contributed by atoms with Crippen LogP contribution < -0.4 is 5.73 Å². The average molecular weight is 225 g/mol. The molecular weight excluding hydrogens is 214 g/mol. The highest BCUT2D eigenvalue weighted by atomic mass is 16.5. The van der Waals surface area contributed by atoms with Crippen LogP contribution in [0.3, 0.4) is 0 Å². The maximum Gasteiger partial charge on any atom is 0.110 e. The van der Waals surface area contributed by atoms with Gasteiger partial charge in [0, 0.05) is 11.3 Å². The van der Waals surface area contributed by atoms with Crippen molar-refractivity contribution in [2.75, 3.05) is 5.73 Å². The van der Waals surface area contributed by atoms with Crippen LogP contribution in [0.25, 0.3) is 22.0 Å². The lowest BCUT2D eigenvalue weighted by atomic mass is 10.0. The molecule has 0 bridgehead atoms. The highest BCUT2D eigenvalue weighted by Gasteiger charge is 2.08. The van der Waals surface area contributed by atoms with Crippen LogP contribution in [0.5, 0.6) is 0 Å². The first-order valence-corrected chi connectivity index (χ1v) is 5.27. The highest BCUT2D eigenvalue weighted by Crippen LogP contribution is 2.28. The molecule has 3 aromatic rings. The lowest BCUT2D eigenvalue weighted by Crippen LogP contribution is -1.95. The lowest BCUT2D eigenvalue weighted by Gasteiger charge is -2.06. The number of hydrogen-bond acceptors (Lipinski definition) is 3. The van der Waals surface area contributed by atoms with Crippen molar-refractivity contribution in [1.82, 2.24) is 9.94 Å². The Labute approximate surface area is 97.9 Å². The maximum atomic E-state index is 9.60. The van der Waals surface area contributed by atoms with Crippen molar-refractivity contribution in [3.8, 4) is 11.3 Å². The lowest BCUT2D eigenvalue weighted by molar-refractivity contribution is 0.153. The van der Waals surface area contributed by atoms with E-state index in [0.29, 0.717) is 5.69 Å². The molecular formula is C13H11N3O. The van der Waals surface area contributed by atoms with Crippen molar-refractivity contribution in [3.05, 3.63) is 48.7 Å². The van der Waals surface area contributed by atoms with E-state index in [1.807, 2.05) is 36.4 Å². The molecule has 4 heteroatoms. The normalized spacial score (nSPS) is 10.8. The second-order valence-corrected chi connectivity index (χ2v) is 3.89. The molecule has 3 rings (SSSR count). The first-order chi connectivity index (χ1) is 8.25. The number of anilines is 1. The molecule has 4 nitrogen and oxygen atoms in total. The average Bonchev–Trinajstić information content (AvgIpc) is 2.74. The summed E-state index contributed by atoms with van der Waals surface area (Å²) < 4.78 is 0. The Bertz CT molecular complexity index is 688. The van der Waals surface area contributed by atoms with E-state index in [0.717, 1.165) is 26.9 Å². The fourth-order valence-corrected chi connectivity index (χ4v) is 2.02. The van der Waals surface area contributed by atoms with Gasteiger partial charge < -0.3 is 10.9 Å². The third kappa shape index (κ3) is 1.50. The number of nitrogen functional groups attached to an aromatic ring is 1. The first kappa shape index (κ1) is 9.72. The number of aromatic nitrogens is 2. The third-order valence-electron chi connectivity index (χ3n) is 2.80. The topological polar surface area (TPSA) is 64.1 Å². The van der Waals surface area contributed by atoms with Gasteiger partial charge >= 0.3 is 0 Å². The van der Waals surface area contributed by atoms with Gasteiger partial charge in [-0.3, -0.25) is 0 Å². The Morgan fingerprint density at radius 2 is 2.00 bits per heavy atom. The highest BCUT2D eigenvalue weighted by molar-refractivity contribution is 5.97. The fraction of sp³-hybridized carbons (Fsp3) is 0. The number of rotatable bonds is 1. The van der Waals surface area contributed by atoms with Gasteiger partial charge in [0.25, 0.3) is 0 Å². The van der Waals surface area contributed by atoms with Gasteiger partial charge in [0.2, 0.25) is 0 Å². The molecule has 3 N–H and O–H groups in total. The Hall–Kier alpha value is -2.49. The molecule has 0 saturated heterocycles. The SMILES string of the molecule is Nc1ccc2c(-c3ccnn3O)cccc2c1.